The van der Waals surface area contributed by atoms with Crippen molar-refractivity contribution in [2.75, 3.05) is 5.32 Å². The highest BCUT2D eigenvalue weighted by atomic mass is 32.2. The summed E-state index contributed by atoms with van der Waals surface area (Å²) in [5.74, 6) is -7.07. The number of nitrogens with one attached hydrogen (secondary N) is 1. The molecule has 2 aromatic carbocycles. The SMILES string of the molecule is CC1CC(Sc2cc(C(=O)Nc3cc(F)c(F)c(F)c3)ccc2F)CCC1C(=O)O. The zero-order valence-corrected chi connectivity index (χ0v) is 16.7. The van der Waals surface area contributed by atoms with Gasteiger partial charge in [-0.3, -0.25) is 9.59 Å². The molecule has 160 valence electrons. The minimum Gasteiger partial charge on any atom is -0.481 e. The van der Waals surface area contributed by atoms with Crippen LogP contribution in [0.15, 0.2) is 35.2 Å². The first kappa shape index (κ1) is 22.1. The van der Waals surface area contributed by atoms with Gasteiger partial charge >= 0.3 is 5.97 Å². The minimum atomic E-state index is -1.64. The van der Waals surface area contributed by atoms with Gasteiger partial charge in [-0.05, 0) is 43.4 Å². The molecule has 4 nitrogen and oxygen atoms in total. The Labute approximate surface area is 174 Å². The third-order valence-electron chi connectivity index (χ3n) is 5.17. The van der Waals surface area contributed by atoms with Gasteiger partial charge in [0.2, 0.25) is 0 Å². The molecular weight excluding hydrogens is 422 g/mol. The normalized spacial score (nSPS) is 21.3. The average molecular weight is 441 g/mol. The number of halogens is 4. The van der Waals surface area contributed by atoms with Gasteiger partial charge < -0.3 is 10.4 Å². The number of anilines is 1. The summed E-state index contributed by atoms with van der Waals surface area (Å²) >= 11 is 1.24. The highest BCUT2D eigenvalue weighted by molar-refractivity contribution is 8.00. The molecular formula is C21H19F4NO3S. The zero-order chi connectivity index (χ0) is 22.0. The molecule has 1 saturated carbocycles. The second-order valence-electron chi connectivity index (χ2n) is 7.33. The first-order chi connectivity index (χ1) is 14.2. The van der Waals surface area contributed by atoms with Gasteiger partial charge in [0.1, 0.15) is 5.82 Å². The molecule has 2 aromatic rings. The number of carbonyl (C=O) groups is 2. The fourth-order valence-electron chi connectivity index (χ4n) is 3.57. The van der Waals surface area contributed by atoms with Crippen molar-refractivity contribution in [3.63, 3.8) is 0 Å². The van der Waals surface area contributed by atoms with Crippen LogP contribution in [0.5, 0.6) is 0 Å². The number of thioether (sulfide) groups is 1. The van der Waals surface area contributed by atoms with Crippen molar-refractivity contribution in [2.24, 2.45) is 11.8 Å². The van der Waals surface area contributed by atoms with Crippen LogP contribution in [0.1, 0.15) is 36.5 Å². The molecule has 0 saturated heterocycles. The van der Waals surface area contributed by atoms with Crippen LogP contribution in [0.2, 0.25) is 0 Å². The third kappa shape index (κ3) is 4.95. The molecule has 3 atom stereocenters. The Bertz CT molecular complexity index is 962. The summed E-state index contributed by atoms with van der Waals surface area (Å²) in [5, 5.41) is 11.5. The molecule has 0 aliphatic heterocycles. The van der Waals surface area contributed by atoms with Crippen molar-refractivity contribution in [2.45, 2.75) is 36.3 Å². The van der Waals surface area contributed by atoms with E-state index < -0.39 is 41.1 Å². The van der Waals surface area contributed by atoms with Gasteiger partial charge in [-0.15, -0.1) is 11.8 Å². The van der Waals surface area contributed by atoms with Crippen LogP contribution < -0.4 is 5.32 Å². The summed E-state index contributed by atoms with van der Waals surface area (Å²) in [5.41, 5.74) is -0.202. The molecule has 0 heterocycles. The topological polar surface area (TPSA) is 66.4 Å². The number of benzene rings is 2. The van der Waals surface area contributed by atoms with E-state index in [9.17, 15) is 32.3 Å². The summed E-state index contributed by atoms with van der Waals surface area (Å²) in [6, 6.07) is 4.99. The molecule has 2 N–H and O–H groups in total. The minimum absolute atomic E-state index is 0.00343. The fourth-order valence-corrected chi connectivity index (χ4v) is 4.95. The monoisotopic (exact) mass is 441 g/mol. The maximum atomic E-state index is 14.3. The van der Waals surface area contributed by atoms with Crippen molar-refractivity contribution in [3.05, 3.63) is 59.2 Å². The van der Waals surface area contributed by atoms with E-state index in [2.05, 4.69) is 5.32 Å². The lowest BCUT2D eigenvalue weighted by molar-refractivity contribution is -0.144. The van der Waals surface area contributed by atoms with Crippen LogP contribution in [0.4, 0.5) is 23.2 Å². The number of aliphatic carboxylic acids is 1. The zero-order valence-electron chi connectivity index (χ0n) is 15.9. The first-order valence-electron chi connectivity index (χ1n) is 9.30. The van der Waals surface area contributed by atoms with Crippen LogP contribution >= 0.6 is 11.8 Å². The number of hydrogen-bond acceptors (Lipinski definition) is 3. The number of amides is 1. The van der Waals surface area contributed by atoms with Gasteiger partial charge in [0.15, 0.2) is 17.5 Å². The van der Waals surface area contributed by atoms with Crippen LogP contribution in [-0.4, -0.2) is 22.2 Å². The quantitative estimate of drug-likeness (QED) is 0.477. The third-order valence-corrected chi connectivity index (χ3v) is 6.50. The molecule has 3 rings (SSSR count). The molecule has 0 radical (unpaired) electrons. The van der Waals surface area contributed by atoms with Crippen molar-refractivity contribution in [3.8, 4) is 0 Å². The Morgan fingerprint density at radius 1 is 1.03 bits per heavy atom. The van der Waals surface area contributed by atoms with Crippen LogP contribution in [0.3, 0.4) is 0 Å². The van der Waals surface area contributed by atoms with Crippen LogP contribution in [0, 0.1) is 35.1 Å². The maximum Gasteiger partial charge on any atom is 0.306 e. The molecule has 0 aromatic heterocycles. The molecule has 1 amide bonds. The van der Waals surface area contributed by atoms with Crippen molar-refractivity contribution in [1.29, 1.82) is 0 Å². The fraction of sp³-hybridized carbons (Fsp3) is 0.333. The molecule has 3 unspecified atom stereocenters. The van der Waals surface area contributed by atoms with Gasteiger partial charge in [-0.2, -0.15) is 0 Å². The van der Waals surface area contributed by atoms with E-state index in [4.69, 9.17) is 0 Å². The standard InChI is InChI=1S/C21H19F4NO3S/c1-10-6-13(3-4-14(10)21(28)29)30-18-7-11(2-5-15(18)22)20(27)26-12-8-16(23)19(25)17(24)9-12/h2,5,7-10,13-14H,3-4,6H2,1H3,(H,26,27)(H,28,29). The Morgan fingerprint density at radius 3 is 2.30 bits per heavy atom. The molecule has 1 fully saturated rings. The second-order valence-corrected chi connectivity index (χ2v) is 8.67. The summed E-state index contributed by atoms with van der Waals surface area (Å²) in [4.78, 5) is 23.9. The average Bonchev–Trinajstić information content (AvgIpc) is 2.67. The number of carboxylic acid groups (broad SMARTS) is 1. The first-order valence-corrected chi connectivity index (χ1v) is 10.2. The summed E-state index contributed by atoms with van der Waals surface area (Å²) in [6.07, 6.45) is 1.71. The Morgan fingerprint density at radius 2 is 1.70 bits per heavy atom. The molecule has 1 aliphatic rings. The number of carbonyl (C=O) groups excluding carboxylic acids is 1. The lowest BCUT2D eigenvalue weighted by Crippen LogP contribution is -2.30. The van der Waals surface area contributed by atoms with E-state index in [1.165, 1.54) is 23.9 Å². The van der Waals surface area contributed by atoms with Gasteiger partial charge in [0.05, 0.1) is 5.92 Å². The highest BCUT2D eigenvalue weighted by Crippen LogP contribution is 2.40. The molecule has 0 spiro atoms. The lowest BCUT2D eigenvalue weighted by Gasteiger charge is -2.31. The van der Waals surface area contributed by atoms with Crippen molar-refractivity contribution >= 4 is 29.3 Å². The largest absolute Gasteiger partial charge is 0.481 e. The van der Waals surface area contributed by atoms with E-state index in [-0.39, 0.29) is 27.3 Å². The van der Waals surface area contributed by atoms with E-state index in [1.807, 2.05) is 6.92 Å². The van der Waals surface area contributed by atoms with Crippen LogP contribution in [0.25, 0.3) is 0 Å². The summed E-state index contributed by atoms with van der Waals surface area (Å²) < 4.78 is 54.0. The lowest BCUT2D eigenvalue weighted by atomic mass is 9.80. The highest BCUT2D eigenvalue weighted by Gasteiger charge is 2.33. The van der Waals surface area contributed by atoms with Gasteiger partial charge in [-0.1, -0.05) is 6.92 Å². The Hall–Kier alpha value is -2.55. The van der Waals surface area contributed by atoms with E-state index in [1.54, 1.807) is 0 Å². The van der Waals surface area contributed by atoms with Crippen LogP contribution in [-0.2, 0) is 4.79 Å². The van der Waals surface area contributed by atoms with Crippen molar-refractivity contribution in [1.82, 2.24) is 0 Å². The van der Waals surface area contributed by atoms with E-state index >= 15 is 0 Å². The Kier molecular flexibility index (Phi) is 6.70. The summed E-state index contributed by atoms with van der Waals surface area (Å²) in [6.45, 7) is 1.85. The maximum absolute atomic E-state index is 14.3. The molecule has 1 aliphatic carbocycles. The summed E-state index contributed by atoms with van der Waals surface area (Å²) in [7, 11) is 0. The molecule has 9 heteroatoms. The predicted molar refractivity (Wildman–Crippen MR) is 104 cm³/mol. The predicted octanol–water partition coefficient (Wildman–Crippen LogP) is 5.48. The molecule has 30 heavy (non-hydrogen) atoms. The number of hydrogen-bond donors (Lipinski definition) is 2. The Balaban J connectivity index is 1.72. The van der Waals surface area contributed by atoms with Crippen molar-refractivity contribution < 1.29 is 32.3 Å². The van der Waals surface area contributed by atoms with Gasteiger partial charge in [-0.25, -0.2) is 17.6 Å². The number of carboxylic acids is 1. The van der Waals surface area contributed by atoms with E-state index in [0.717, 1.165) is 6.07 Å². The molecule has 0 bridgehead atoms. The van der Waals surface area contributed by atoms with Gasteiger partial charge in [0, 0.05) is 33.5 Å². The number of rotatable bonds is 5. The van der Waals surface area contributed by atoms with Gasteiger partial charge in [0.25, 0.3) is 5.91 Å². The van der Waals surface area contributed by atoms with E-state index in [0.29, 0.717) is 31.4 Å². The smallest absolute Gasteiger partial charge is 0.306 e. The second kappa shape index (κ2) is 9.07.